The third-order valence-electron chi connectivity index (χ3n) is 4.51. The lowest BCUT2D eigenvalue weighted by molar-refractivity contribution is -0.195. The predicted molar refractivity (Wildman–Crippen MR) is 80.6 cm³/mol. The van der Waals surface area contributed by atoms with E-state index in [0.717, 1.165) is 25.9 Å². The monoisotopic (exact) mass is 317 g/mol. The summed E-state index contributed by atoms with van der Waals surface area (Å²) in [5.41, 5.74) is -0.411. The highest BCUT2D eigenvalue weighted by Gasteiger charge is 2.57. The van der Waals surface area contributed by atoms with Crippen LogP contribution in [-0.2, 0) is 4.74 Å². The Morgan fingerprint density at radius 2 is 1.86 bits per heavy atom. The van der Waals surface area contributed by atoms with Crippen molar-refractivity contribution in [2.75, 3.05) is 32.9 Å². The van der Waals surface area contributed by atoms with Crippen molar-refractivity contribution in [3.8, 4) is 11.8 Å². The number of hydrogen-bond acceptors (Lipinski definition) is 2. The molecule has 0 aromatic heterocycles. The van der Waals surface area contributed by atoms with Gasteiger partial charge in [0.25, 0.3) is 0 Å². The Labute approximate surface area is 131 Å². The number of piperidine rings is 1. The molecule has 0 atom stereocenters. The molecule has 1 heterocycles. The summed E-state index contributed by atoms with van der Waals surface area (Å²) in [4.78, 5) is 2.24. The quantitative estimate of drug-likeness (QED) is 0.720. The van der Waals surface area contributed by atoms with Gasteiger partial charge < -0.3 is 9.64 Å². The van der Waals surface area contributed by atoms with Crippen LogP contribution in [0.4, 0.5) is 13.2 Å². The standard InChI is InChI=1S/C17H26F3NO/c1-14(2)22-13-16(10-17(19,20)11-16)12-21-8-5-15(6-9-21)4-3-7-18/h14-15H,5-13H2,1-2H3. The molecule has 0 radical (unpaired) electrons. The van der Waals surface area contributed by atoms with Gasteiger partial charge in [-0.3, -0.25) is 0 Å². The lowest BCUT2D eigenvalue weighted by atomic mass is 9.66. The average Bonchev–Trinajstić information content (AvgIpc) is 2.42. The fraction of sp³-hybridized carbons (Fsp3) is 0.882. The summed E-state index contributed by atoms with van der Waals surface area (Å²) in [7, 11) is 0. The second kappa shape index (κ2) is 7.23. The second-order valence-corrected chi connectivity index (χ2v) is 7.07. The molecule has 2 nitrogen and oxygen atoms in total. The van der Waals surface area contributed by atoms with E-state index in [1.807, 2.05) is 13.8 Å². The van der Waals surface area contributed by atoms with Gasteiger partial charge in [-0.2, -0.15) is 0 Å². The molecule has 0 bridgehead atoms. The van der Waals surface area contributed by atoms with E-state index in [2.05, 4.69) is 16.7 Å². The molecule has 2 aliphatic rings. The van der Waals surface area contributed by atoms with Crippen LogP contribution in [0.1, 0.15) is 39.5 Å². The van der Waals surface area contributed by atoms with Gasteiger partial charge in [0, 0.05) is 30.7 Å². The molecular formula is C17H26F3NO. The number of likely N-dealkylation sites (tertiary alicyclic amines) is 1. The smallest absolute Gasteiger partial charge is 0.249 e. The Bertz CT molecular complexity index is 411. The molecule has 5 heteroatoms. The lowest BCUT2D eigenvalue weighted by Crippen LogP contribution is -2.56. The molecule has 126 valence electrons. The van der Waals surface area contributed by atoms with Crippen molar-refractivity contribution >= 4 is 0 Å². The molecule has 0 aromatic carbocycles. The fourth-order valence-corrected chi connectivity index (χ4v) is 3.54. The molecule has 0 amide bonds. The Morgan fingerprint density at radius 1 is 1.23 bits per heavy atom. The van der Waals surface area contributed by atoms with Gasteiger partial charge in [0.2, 0.25) is 5.92 Å². The van der Waals surface area contributed by atoms with Crippen LogP contribution in [0.5, 0.6) is 0 Å². The van der Waals surface area contributed by atoms with Crippen molar-refractivity contribution in [3.05, 3.63) is 0 Å². The van der Waals surface area contributed by atoms with E-state index in [1.165, 1.54) is 0 Å². The number of hydrogen-bond donors (Lipinski definition) is 0. The van der Waals surface area contributed by atoms with Crippen molar-refractivity contribution in [2.45, 2.75) is 51.6 Å². The zero-order valence-electron chi connectivity index (χ0n) is 13.5. The molecule has 22 heavy (non-hydrogen) atoms. The Balaban J connectivity index is 1.84. The number of halogens is 3. The highest BCUT2D eigenvalue weighted by molar-refractivity contribution is 5.06. The lowest BCUT2D eigenvalue weighted by Gasteiger charge is -2.50. The summed E-state index contributed by atoms with van der Waals surface area (Å²) in [5, 5.41) is 0. The van der Waals surface area contributed by atoms with Crippen LogP contribution >= 0.6 is 0 Å². The van der Waals surface area contributed by atoms with Crippen LogP contribution in [0.3, 0.4) is 0 Å². The minimum Gasteiger partial charge on any atom is -0.378 e. The van der Waals surface area contributed by atoms with Crippen molar-refractivity contribution in [1.29, 1.82) is 0 Å². The van der Waals surface area contributed by atoms with Crippen molar-refractivity contribution in [3.63, 3.8) is 0 Å². The van der Waals surface area contributed by atoms with Crippen LogP contribution in [0.15, 0.2) is 0 Å². The van der Waals surface area contributed by atoms with Crippen LogP contribution in [0.2, 0.25) is 0 Å². The first kappa shape index (κ1) is 17.6. The molecule has 0 aromatic rings. The molecule has 2 fully saturated rings. The highest BCUT2D eigenvalue weighted by Crippen LogP contribution is 2.52. The maximum absolute atomic E-state index is 13.4. The normalized spacial score (nSPS) is 24.6. The summed E-state index contributed by atoms with van der Waals surface area (Å²) in [6.07, 6.45) is 1.70. The molecule has 1 saturated carbocycles. The third-order valence-corrected chi connectivity index (χ3v) is 4.51. The van der Waals surface area contributed by atoms with Gasteiger partial charge in [-0.15, -0.1) is 0 Å². The first-order chi connectivity index (χ1) is 10.3. The van der Waals surface area contributed by atoms with Gasteiger partial charge in [0.05, 0.1) is 12.7 Å². The maximum Gasteiger partial charge on any atom is 0.249 e. The molecule has 1 aliphatic heterocycles. The van der Waals surface area contributed by atoms with Crippen LogP contribution in [0, 0.1) is 23.2 Å². The number of rotatable bonds is 5. The largest absolute Gasteiger partial charge is 0.378 e. The zero-order chi connectivity index (χ0) is 16.2. The molecule has 0 unspecified atom stereocenters. The van der Waals surface area contributed by atoms with Gasteiger partial charge in [-0.1, -0.05) is 11.8 Å². The van der Waals surface area contributed by atoms with E-state index < -0.39 is 18.0 Å². The molecule has 0 N–H and O–H groups in total. The van der Waals surface area contributed by atoms with E-state index in [0.29, 0.717) is 13.2 Å². The van der Waals surface area contributed by atoms with Gasteiger partial charge >= 0.3 is 0 Å². The number of alkyl halides is 3. The zero-order valence-corrected chi connectivity index (χ0v) is 13.5. The SMILES string of the molecule is CC(C)OCC1(CN2CCC(C#CCF)CC2)CC(F)(F)C1. The van der Waals surface area contributed by atoms with E-state index in [-0.39, 0.29) is 24.9 Å². The van der Waals surface area contributed by atoms with Crippen LogP contribution in [0.25, 0.3) is 0 Å². The van der Waals surface area contributed by atoms with Crippen molar-refractivity contribution in [1.82, 2.24) is 4.90 Å². The van der Waals surface area contributed by atoms with E-state index in [9.17, 15) is 13.2 Å². The highest BCUT2D eigenvalue weighted by atomic mass is 19.3. The number of nitrogens with zero attached hydrogens (tertiary/aromatic N) is 1. The summed E-state index contributed by atoms with van der Waals surface area (Å²) in [6, 6.07) is 0. The molecular weight excluding hydrogens is 291 g/mol. The predicted octanol–water partition coefficient (Wildman–Crippen LogP) is 3.51. The van der Waals surface area contributed by atoms with Crippen molar-refractivity contribution in [2.24, 2.45) is 11.3 Å². The fourth-order valence-electron chi connectivity index (χ4n) is 3.54. The van der Waals surface area contributed by atoms with Crippen LogP contribution in [-0.4, -0.2) is 49.8 Å². The number of ether oxygens (including phenoxy) is 1. The third kappa shape index (κ3) is 4.89. The van der Waals surface area contributed by atoms with E-state index in [4.69, 9.17) is 4.74 Å². The molecule has 1 aliphatic carbocycles. The first-order valence-corrected chi connectivity index (χ1v) is 8.10. The second-order valence-electron chi connectivity index (χ2n) is 7.07. The van der Waals surface area contributed by atoms with E-state index >= 15 is 0 Å². The summed E-state index contributed by atoms with van der Waals surface area (Å²) >= 11 is 0. The summed E-state index contributed by atoms with van der Waals surface area (Å²) in [5.74, 6) is 3.14. The Kier molecular flexibility index (Phi) is 5.79. The van der Waals surface area contributed by atoms with E-state index in [1.54, 1.807) is 0 Å². The summed E-state index contributed by atoms with van der Waals surface area (Å²) in [6.45, 7) is 6.03. The molecule has 2 rings (SSSR count). The van der Waals surface area contributed by atoms with Crippen molar-refractivity contribution < 1.29 is 17.9 Å². The average molecular weight is 317 g/mol. The Morgan fingerprint density at radius 3 is 2.36 bits per heavy atom. The topological polar surface area (TPSA) is 12.5 Å². The minimum atomic E-state index is -2.54. The maximum atomic E-state index is 13.4. The van der Waals surface area contributed by atoms with Gasteiger partial charge in [-0.25, -0.2) is 13.2 Å². The summed E-state index contributed by atoms with van der Waals surface area (Å²) < 4.78 is 44.5. The molecule has 1 saturated heterocycles. The Hall–Kier alpha value is -0.730. The minimum absolute atomic E-state index is 0.0628. The van der Waals surface area contributed by atoms with Crippen LogP contribution < -0.4 is 0 Å². The van der Waals surface area contributed by atoms with Gasteiger partial charge in [0.1, 0.15) is 6.67 Å². The van der Waals surface area contributed by atoms with Gasteiger partial charge in [0.15, 0.2) is 0 Å². The van der Waals surface area contributed by atoms with Gasteiger partial charge in [-0.05, 0) is 39.8 Å². The first-order valence-electron chi connectivity index (χ1n) is 8.10. The molecule has 0 spiro atoms.